The lowest BCUT2D eigenvalue weighted by atomic mass is 10.2. The zero-order chi connectivity index (χ0) is 16.3. The second kappa shape index (κ2) is 7.34. The smallest absolute Gasteiger partial charge is 0.212 e. The lowest BCUT2D eigenvalue weighted by Crippen LogP contribution is -2.34. The molecule has 0 spiro atoms. The molecule has 1 atom stereocenters. The molecule has 2 heterocycles. The van der Waals surface area contributed by atoms with Crippen molar-refractivity contribution in [1.82, 2.24) is 4.31 Å². The third-order valence-corrected chi connectivity index (χ3v) is 8.11. The van der Waals surface area contributed by atoms with E-state index >= 15 is 0 Å². The van der Waals surface area contributed by atoms with Crippen molar-refractivity contribution in [2.45, 2.75) is 17.4 Å². The van der Waals surface area contributed by atoms with Gasteiger partial charge in [0.1, 0.15) is 5.82 Å². The predicted octanol–water partition coefficient (Wildman–Crippen LogP) is 3.90. The second-order valence-corrected chi connectivity index (χ2v) is 9.70. The lowest BCUT2D eigenvalue weighted by Gasteiger charge is -2.20. The van der Waals surface area contributed by atoms with Crippen molar-refractivity contribution in [3.63, 3.8) is 0 Å². The highest BCUT2D eigenvalue weighted by molar-refractivity contribution is 7.99. The summed E-state index contributed by atoms with van der Waals surface area (Å²) in [7, 11) is -3.36. The van der Waals surface area contributed by atoms with Crippen LogP contribution in [-0.2, 0) is 15.8 Å². The van der Waals surface area contributed by atoms with E-state index in [4.69, 9.17) is 0 Å². The zero-order valence-corrected chi connectivity index (χ0v) is 15.0. The van der Waals surface area contributed by atoms with Gasteiger partial charge in [-0.3, -0.25) is 0 Å². The van der Waals surface area contributed by atoms with Crippen LogP contribution in [0.4, 0.5) is 4.39 Å². The van der Waals surface area contributed by atoms with E-state index in [1.807, 2.05) is 17.8 Å². The zero-order valence-electron chi connectivity index (χ0n) is 12.5. The van der Waals surface area contributed by atoms with Crippen molar-refractivity contribution in [3.8, 4) is 0 Å². The molecule has 1 fully saturated rings. The summed E-state index contributed by atoms with van der Waals surface area (Å²) in [6.45, 7) is 1.08. The fourth-order valence-corrected chi connectivity index (χ4v) is 6.51. The first-order chi connectivity index (χ1) is 11.0. The van der Waals surface area contributed by atoms with Gasteiger partial charge in [-0.2, -0.15) is 11.8 Å². The average molecular weight is 372 g/mol. The number of rotatable bonds is 4. The Morgan fingerprint density at radius 1 is 1.17 bits per heavy atom. The largest absolute Gasteiger partial charge is 0.218 e. The fourth-order valence-electron chi connectivity index (χ4n) is 2.61. The Hall–Kier alpha value is -0.890. The van der Waals surface area contributed by atoms with Crippen LogP contribution < -0.4 is 0 Å². The summed E-state index contributed by atoms with van der Waals surface area (Å²) in [6.07, 6.45) is 0.827. The van der Waals surface area contributed by atoms with Crippen LogP contribution in [0.5, 0.6) is 0 Å². The van der Waals surface area contributed by atoms with Gasteiger partial charge in [-0.05, 0) is 35.6 Å². The molecular formula is C16H18FNO2S3. The quantitative estimate of drug-likeness (QED) is 0.818. The van der Waals surface area contributed by atoms with Crippen LogP contribution in [0.3, 0.4) is 0 Å². The molecule has 1 saturated heterocycles. The number of nitrogens with zero attached hydrogens (tertiary/aromatic N) is 1. The first-order valence-corrected chi connectivity index (χ1v) is 11.0. The number of halogens is 1. The van der Waals surface area contributed by atoms with E-state index in [1.165, 1.54) is 29.1 Å². The summed E-state index contributed by atoms with van der Waals surface area (Å²) in [5.74, 6) is 0.378. The summed E-state index contributed by atoms with van der Waals surface area (Å²) < 4.78 is 39.7. The van der Waals surface area contributed by atoms with Crippen LogP contribution in [0, 0.1) is 5.82 Å². The Morgan fingerprint density at radius 2 is 1.96 bits per heavy atom. The standard InChI is InChI=1S/C16H18FNO2S3/c17-14-5-3-13(4-6-14)12-23(19,20)18-8-7-16(22-11-9-18)15-2-1-10-21-15/h1-6,10,16H,7-9,11-12H2. The molecule has 0 radical (unpaired) electrons. The number of sulfonamides is 1. The minimum atomic E-state index is -3.36. The van der Waals surface area contributed by atoms with Crippen molar-refractivity contribution in [2.75, 3.05) is 18.8 Å². The highest BCUT2D eigenvalue weighted by Gasteiger charge is 2.27. The normalized spacial score (nSPS) is 20.3. The van der Waals surface area contributed by atoms with Crippen LogP contribution in [-0.4, -0.2) is 31.6 Å². The van der Waals surface area contributed by atoms with Crippen molar-refractivity contribution in [3.05, 3.63) is 58.0 Å². The maximum atomic E-state index is 12.9. The third-order valence-electron chi connectivity index (χ3n) is 3.82. The molecule has 1 unspecified atom stereocenters. The number of hydrogen-bond donors (Lipinski definition) is 0. The monoisotopic (exact) mass is 371 g/mol. The van der Waals surface area contributed by atoms with Crippen LogP contribution in [0.25, 0.3) is 0 Å². The molecule has 0 saturated carbocycles. The Kier molecular flexibility index (Phi) is 5.41. The van der Waals surface area contributed by atoms with Gasteiger partial charge in [-0.25, -0.2) is 17.1 Å². The van der Waals surface area contributed by atoms with Gasteiger partial charge < -0.3 is 0 Å². The minimum Gasteiger partial charge on any atom is -0.212 e. The highest BCUT2D eigenvalue weighted by atomic mass is 32.2. The minimum absolute atomic E-state index is 0.0678. The second-order valence-electron chi connectivity index (χ2n) is 5.45. The predicted molar refractivity (Wildman–Crippen MR) is 94.7 cm³/mol. The number of hydrogen-bond acceptors (Lipinski definition) is 4. The molecule has 7 heteroatoms. The molecule has 124 valence electrons. The summed E-state index contributed by atoms with van der Waals surface area (Å²) in [5.41, 5.74) is 0.623. The van der Waals surface area contributed by atoms with Crippen molar-refractivity contribution in [1.29, 1.82) is 0 Å². The topological polar surface area (TPSA) is 37.4 Å². The van der Waals surface area contributed by atoms with Gasteiger partial charge in [0.15, 0.2) is 0 Å². The van der Waals surface area contributed by atoms with Gasteiger partial charge in [0.05, 0.1) is 5.75 Å². The van der Waals surface area contributed by atoms with Crippen LogP contribution >= 0.6 is 23.1 Å². The van der Waals surface area contributed by atoms with Crippen LogP contribution in [0.15, 0.2) is 41.8 Å². The molecule has 2 aromatic rings. The molecule has 1 aromatic heterocycles. The number of benzene rings is 1. The van der Waals surface area contributed by atoms with E-state index in [1.54, 1.807) is 15.6 Å². The van der Waals surface area contributed by atoms with Crippen molar-refractivity contribution in [2.24, 2.45) is 0 Å². The molecule has 1 aromatic carbocycles. The molecule has 3 nitrogen and oxygen atoms in total. The molecule has 3 rings (SSSR count). The van der Waals surface area contributed by atoms with Gasteiger partial charge in [-0.15, -0.1) is 11.3 Å². The maximum absolute atomic E-state index is 12.9. The summed E-state index contributed by atoms with van der Waals surface area (Å²) >= 11 is 3.55. The average Bonchev–Trinajstić information content (AvgIpc) is 2.93. The van der Waals surface area contributed by atoms with Crippen LogP contribution in [0.2, 0.25) is 0 Å². The molecule has 1 aliphatic rings. The van der Waals surface area contributed by atoms with E-state index in [2.05, 4.69) is 11.4 Å². The van der Waals surface area contributed by atoms with E-state index in [0.29, 0.717) is 23.9 Å². The molecule has 1 aliphatic heterocycles. The molecular weight excluding hydrogens is 353 g/mol. The fraction of sp³-hybridized carbons (Fsp3) is 0.375. The van der Waals surface area contributed by atoms with Crippen molar-refractivity contribution >= 4 is 33.1 Å². The third kappa shape index (κ3) is 4.35. The lowest BCUT2D eigenvalue weighted by molar-refractivity contribution is 0.427. The Morgan fingerprint density at radius 3 is 2.65 bits per heavy atom. The van der Waals surface area contributed by atoms with Crippen LogP contribution in [0.1, 0.15) is 22.1 Å². The van der Waals surface area contributed by atoms with Gasteiger partial charge >= 0.3 is 0 Å². The van der Waals surface area contributed by atoms with E-state index in [0.717, 1.165) is 12.2 Å². The van der Waals surface area contributed by atoms with Crippen molar-refractivity contribution < 1.29 is 12.8 Å². The Bertz CT molecular complexity index is 729. The summed E-state index contributed by atoms with van der Waals surface area (Å²) in [4.78, 5) is 1.31. The summed E-state index contributed by atoms with van der Waals surface area (Å²) in [6, 6.07) is 9.83. The SMILES string of the molecule is O=S(=O)(Cc1ccc(F)cc1)N1CCSC(c2cccs2)CC1. The maximum Gasteiger partial charge on any atom is 0.218 e. The first-order valence-electron chi connectivity index (χ1n) is 7.42. The first kappa shape index (κ1) is 17.0. The number of thiophene rings is 1. The van der Waals surface area contributed by atoms with Gasteiger partial charge in [0.25, 0.3) is 0 Å². The van der Waals surface area contributed by atoms with E-state index < -0.39 is 10.0 Å². The van der Waals surface area contributed by atoms with Gasteiger partial charge in [0, 0.05) is 29.0 Å². The molecule has 0 aliphatic carbocycles. The molecule has 0 amide bonds. The summed E-state index contributed by atoms with van der Waals surface area (Å²) in [5, 5.41) is 2.44. The molecule has 0 bridgehead atoms. The Balaban J connectivity index is 1.67. The number of thioether (sulfide) groups is 1. The van der Waals surface area contributed by atoms with E-state index in [9.17, 15) is 12.8 Å². The van der Waals surface area contributed by atoms with Gasteiger partial charge in [0.2, 0.25) is 10.0 Å². The van der Waals surface area contributed by atoms with E-state index in [-0.39, 0.29) is 11.6 Å². The molecule has 23 heavy (non-hydrogen) atoms. The molecule has 0 N–H and O–H groups in total. The van der Waals surface area contributed by atoms with Gasteiger partial charge in [-0.1, -0.05) is 18.2 Å². The Labute approximate surface area is 144 Å². The highest BCUT2D eigenvalue weighted by Crippen LogP contribution is 2.37.